The van der Waals surface area contributed by atoms with Crippen LogP contribution in [0.15, 0.2) is 18.2 Å². The Hall–Kier alpha value is -1.17. The second kappa shape index (κ2) is 6.38. The predicted octanol–water partition coefficient (Wildman–Crippen LogP) is 2.28. The molecule has 2 unspecified atom stereocenters. The van der Waals surface area contributed by atoms with E-state index in [1.54, 1.807) is 24.0 Å². The van der Waals surface area contributed by atoms with Gasteiger partial charge in [-0.3, -0.25) is 9.69 Å². The zero-order valence-electron chi connectivity index (χ0n) is 13.3. The largest absolute Gasteiger partial charge is 0.389 e. The fraction of sp³-hybridized carbons (Fsp3) is 0.588. The van der Waals surface area contributed by atoms with Crippen LogP contribution in [0.2, 0.25) is 5.02 Å². The van der Waals surface area contributed by atoms with Gasteiger partial charge in [-0.2, -0.15) is 0 Å². The van der Waals surface area contributed by atoms with Crippen LogP contribution >= 0.6 is 11.6 Å². The van der Waals surface area contributed by atoms with Crippen molar-refractivity contribution in [2.45, 2.75) is 31.9 Å². The molecule has 0 radical (unpaired) electrons. The lowest BCUT2D eigenvalue weighted by Crippen LogP contribution is -2.60. The molecule has 6 heteroatoms. The first-order chi connectivity index (χ1) is 10.9. The quantitative estimate of drug-likeness (QED) is 0.898. The predicted molar refractivity (Wildman–Crippen MR) is 86.6 cm³/mol. The van der Waals surface area contributed by atoms with Crippen molar-refractivity contribution in [2.24, 2.45) is 5.92 Å². The normalized spacial score (nSPS) is 28.5. The van der Waals surface area contributed by atoms with Crippen LogP contribution in [0.25, 0.3) is 0 Å². The fourth-order valence-electron chi connectivity index (χ4n) is 3.69. The van der Waals surface area contributed by atoms with E-state index in [1.165, 1.54) is 6.07 Å². The second-order valence-electron chi connectivity index (χ2n) is 6.74. The first-order valence-corrected chi connectivity index (χ1v) is 8.39. The highest BCUT2D eigenvalue weighted by Gasteiger charge is 2.45. The van der Waals surface area contributed by atoms with Crippen LogP contribution in [0, 0.1) is 11.7 Å². The lowest BCUT2D eigenvalue weighted by atomic mass is 9.75. The topological polar surface area (TPSA) is 43.8 Å². The van der Waals surface area contributed by atoms with Crippen LogP contribution in [0.5, 0.6) is 0 Å². The molecule has 0 saturated carbocycles. The summed E-state index contributed by atoms with van der Waals surface area (Å²) in [6.45, 7) is 4.65. The number of halogens is 2. The third-order valence-electron chi connectivity index (χ3n) is 5.21. The Bertz CT molecular complexity index is 612. The van der Waals surface area contributed by atoms with Gasteiger partial charge >= 0.3 is 0 Å². The first kappa shape index (κ1) is 16.7. The molecule has 2 atom stereocenters. The summed E-state index contributed by atoms with van der Waals surface area (Å²) in [5.74, 6) is -0.232. The van der Waals surface area contributed by atoms with Crippen molar-refractivity contribution < 1.29 is 14.3 Å². The van der Waals surface area contributed by atoms with Crippen molar-refractivity contribution in [1.82, 2.24) is 9.80 Å². The molecule has 0 bridgehead atoms. The number of aliphatic hydroxyl groups is 1. The number of piperidine rings is 2. The number of carbonyl (C=O) groups is 1. The Kier molecular flexibility index (Phi) is 4.63. The zero-order valence-corrected chi connectivity index (χ0v) is 14.0. The van der Waals surface area contributed by atoms with Crippen molar-refractivity contribution in [3.05, 3.63) is 34.6 Å². The summed E-state index contributed by atoms with van der Waals surface area (Å²) in [5.41, 5.74) is -0.0832. The molecule has 1 amide bonds. The molecule has 2 heterocycles. The first-order valence-electron chi connectivity index (χ1n) is 8.01. The van der Waals surface area contributed by atoms with Gasteiger partial charge in [0.2, 0.25) is 5.91 Å². The summed E-state index contributed by atoms with van der Waals surface area (Å²) in [5, 5.41) is 11.2. The summed E-state index contributed by atoms with van der Waals surface area (Å²) in [4.78, 5) is 15.5. The van der Waals surface area contributed by atoms with Gasteiger partial charge in [-0.15, -0.1) is 0 Å². The van der Waals surface area contributed by atoms with Gasteiger partial charge in [0.05, 0.1) is 5.60 Å². The molecule has 0 spiro atoms. The summed E-state index contributed by atoms with van der Waals surface area (Å²) >= 11 is 5.79. The van der Waals surface area contributed by atoms with E-state index in [0.29, 0.717) is 49.6 Å². The number of likely N-dealkylation sites (tertiary alicyclic amines) is 2. The third kappa shape index (κ3) is 3.52. The van der Waals surface area contributed by atoms with Crippen LogP contribution in [0.4, 0.5) is 4.39 Å². The fourth-order valence-corrected chi connectivity index (χ4v) is 3.85. The Morgan fingerprint density at radius 3 is 2.83 bits per heavy atom. The molecule has 126 valence electrons. The Labute approximate surface area is 140 Å². The molecule has 2 aliphatic heterocycles. The maximum atomic E-state index is 14.0. The van der Waals surface area contributed by atoms with Gasteiger partial charge in [0.1, 0.15) is 5.82 Å². The van der Waals surface area contributed by atoms with E-state index in [1.807, 2.05) is 0 Å². The zero-order chi connectivity index (χ0) is 16.6. The molecule has 2 saturated heterocycles. The molecule has 1 N–H and O–H groups in total. The molecule has 3 rings (SSSR count). The van der Waals surface area contributed by atoms with Gasteiger partial charge in [-0.1, -0.05) is 17.7 Å². The van der Waals surface area contributed by atoms with E-state index in [0.717, 1.165) is 6.54 Å². The average Bonchev–Trinajstić information content (AvgIpc) is 2.49. The van der Waals surface area contributed by atoms with Gasteiger partial charge in [-0.05, 0) is 25.0 Å². The number of hydrogen-bond donors (Lipinski definition) is 1. The SMILES string of the molecule is CC(=O)N1CCC2(O)CCN(Cc3ccc(Cl)cc3F)CC2C1. The standard InChI is InChI=1S/C17H22ClFN2O2/c1-12(22)21-7-5-17(23)4-6-20(10-14(17)11-21)9-13-2-3-15(18)8-16(13)19/h2-3,8,14,23H,4-7,9-11H2,1H3. The molecule has 0 aliphatic carbocycles. The van der Waals surface area contributed by atoms with Crippen LogP contribution < -0.4 is 0 Å². The van der Waals surface area contributed by atoms with Gasteiger partial charge in [-0.25, -0.2) is 4.39 Å². The van der Waals surface area contributed by atoms with Crippen LogP contribution in [0.3, 0.4) is 0 Å². The Balaban J connectivity index is 1.69. The van der Waals surface area contributed by atoms with Crippen molar-refractivity contribution in [3.8, 4) is 0 Å². The number of benzene rings is 1. The minimum absolute atomic E-state index is 0.0178. The minimum atomic E-state index is -0.693. The molecular formula is C17H22ClFN2O2. The molecule has 1 aromatic rings. The van der Waals surface area contributed by atoms with Gasteiger partial charge in [0, 0.05) is 56.2 Å². The molecule has 2 aliphatic rings. The summed E-state index contributed by atoms with van der Waals surface area (Å²) < 4.78 is 14.0. The Morgan fingerprint density at radius 1 is 1.39 bits per heavy atom. The van der Waals surface area contributed by atoms with Gasteiger partial charge in [0.15, 0.2) is 0 Å². The highest BCUT2D eigenvalue weighted by molar-refractivity contribution is 6.30. The summed E-state index contributed by atoms with van der Waals surface area (Å²) in [7, 11) is 0. The molecule has 0 aromatic heterocycles. The van der Waals surface area contributed by atoms with E-state index in [9.17, 15) is 14.3 Å². The number of fused-ring (bicyclic) bond motifs is 1. The lowest BCUT2D eigenvalue weighted by Gasteiger charge is -2.50. The van der Waals surface area contributed by atoms with Crippen LogP contribution in [0.1, 0.15) is 25.3 Å². The molecule has 4 nitrogen and oxygen atoms in total. The highest BCUT2D eigenvalue weighted by Crippen LogP contribution is 2.36. The van der Waals surface area contributed by atoms with E-state index in [4.69, 9.17) is 11.6 Å². The van der Waals surface area contributed by atoms with Crippen molar-refractivity contribution in [1.29, 1.82) is 0 Å². The third-order valence-corrected chi connectivity index (χ3v) is 5.44. The number of carbonyl (C=O) groups excluding carboxylic acids is 1. The van der Waals surface area contributed by atoms with Gasteiger partial charge < -0.3 is 10.0 Å². The Morgan fingerprint density at radius 2 is 2.13 bits per heavy atom. The highest BCUT2D eigenvalue weighted by atomic mass is 35.5. The van der Waals surface area contributed by atoms with E-state index < -0.39 is 5.60 Å². The molecule has 23 heavy (non-hydrogen) atoms. The maximum Gasteiger partial charge on any atom is 0.219 e. The summed E-state index contributed by atoms with van der Waals surface area (Å²) in [6.07, 6.45) is 1.29. The number of hydrogen-bond acceptors (Lipinski definition) is 3. The second-order valence-corrected chi connectivity index (χ2v) is 7.17. The molecular weight excluding hydrogens is 319 g/mol. The molecule has 2 fully saturated rings. The van der Waals surface area contributed by atoms with E-state index >= 15 is 0 Å². The van der Waals surface area contributed by atoms with Crippen molar-refractivity contribution in [2.75, 3.05) is 26.2 Å². The number of rotatable bonds is 2. The number of amides is 1. The smallest absolute Gasteiger partial charge is 0.219 e. The number of nitrogens with zero attached hydrogens (tertiary/aromatic N) is 2. The lowest BCUT2D eigenvalue weighted by molar-refractivity contribution is -0.145. The maximum absolute atomic E-state index is 14.0. The van der Waals surface area contributed by atoms with Gasteiger partial charge in [0.25, 0.3) is 0 Å². The molecule has 1 aromatic carbocycles. The van der Waals surface area contributed by atoms with Crippen molar-refractivity contribution >= 4 is 17.5 Å². The summed E-state index contributed by atoms with van der Waals surface area (Å²) in [6, 6.07) is 4.73. The van der Waals surface area contributed by atoms with Crippen LogP contribution in [-0.4, -0.2) is 52.6 Å². The minimum Gasteiger partial charge on any atom is -0.389 e. The monoisotopic (exact) mass is 340 g/mol. The van der Waals surface area contributed by atoms with Crippen molar-refractivity contribution in [3.63, 3.8) is 0 Å². The average molecular weight is 341 g/mol. The van der Waals surface area contributed by atoms with Crippen LogP contribution in [-0.2, 0) is 11.3 Å². The van der Waals surface area contributed by atoms with E-state index in [-0.39, 0.29) is 17.6 Å². The van der Waals surface area contributed by atoms with E-state index in [2.05, 4.69) is 4.90 Å².